The topological polar surface area (TPSA) is 68.3 Å². The summed E-state index contributed by atoms with van der Waals surface area (Å²) in [6.07, 6.45) is 0.0555. The second kappa shape index (κ2) is 4.47. The molecule has 0 bridgehead atoms. The molecule has 0 radical (unpaired) electrons. The van der Waals surface area contributed by atoms with Crippen molar-refractivity contribution in [1.29, 1.82) is 0 Å². The molecule has 0 spiro atoms. The zero-order valence-corrected chi connectivity index (χ0v) is 11.0. The molecule has 4 nitrogen and oxygen atoms in total. The Bertz CT molecular complexity index is 702. The lowest BCUT2D eigenvalue weighted by molar-refractivity contribution is 0.602. The van der Waals surface area contributed by atoms with E-state index in [4.69, 9.17) is 0 Å². The minimum atomic E-state index is -3.69. The molecule has 0 saturated heterocycles. The van der Waals surface area contributed by atoms with E-state index in [2.05, 4.69) is 0 Å². The van der Waals surface area contributed by atoms with Gasteiger partial charge in [-0.15, -0.1) is 0 Å². The van der Waals surface area contributed by atoms with E-state index in [1.54, 1.807) is 0 Å². The van der Waals surface area contributed by atoms with Crippen molar-refractivity contribution in [3.8, 4) is 0 Å². The first kappa shape index (κ1) is 13.2. The number of benzene rings is 1. The molecule has 0 aliphatic carbocycles. The predicted molar refractivity (Wildman–Crippen MR) is 66.6 cm³/mol. The van der Waals surface area contributed by atoms with Gasteiger partial charge in [-0.25, -0.2) is 21.2 Å². The molecule has 98 valence electrons. The highest BCUT2D eigenvalue weighted by Crippen LogP contribution is 2.27. The fourth-order valence-corrected chi connectivity index (χ4v) is 5.31. The van der Waals surface area contributed by atoms with Gasteiger partial charge in [-0.3, -0.25) is 0 Å². The van der Waals surface area contributed by atoms with Crippen LogP contribution in [0, 0.1) is 5.82 Å². The molecule has 1 aliphatic rings. The van der Waals surface area contributed by atoms with Crippen LogP contribution in [-0.2, 0) is 19.7 Å². The molecule has 1 aliphatic heterocycles. The summed E-state index contributed by atoms with van der Waals surface area (Å²) in [5.41, 5.74) is 0.0699. The van der Waals surface area contributed by atoms with Gasteiger partial charge in [0.15, 0.2) is 19.7 Å². The van der Waals surface area contributed by atoms with E-state index in [0.29, 0.717) is 0 Å². The van der Waals surface area contributed by atoms with E-state index in [0.717, 1.165) is 11.5 Å². The summed E-state index contributed by atoms with van der Waals surface area (Å²) in [4.78, 5) is -0.320. The van der Waals surface area contributed by atoms with E-state index in [1.165, 1.54) is 18.2 Å². The Morgan fingerprint density at radius 2 is 1.78 bits per heavy atom. The second-order valence-electron chi connectivity index (χ2n) is 4.03. The number of sulfone groups is 2. The van der Waals surface area contributed by atoms with Crippen molar-refractivity contribution in [2.24, 2.45) is 0 Å². The van der Waals surface area contributed by atoms with Crippen molar-refractivity contribution in [2.45, 2.75) is 6.42 Å². The quantitative estimate of drug-likeness (QED) is 0.783. The van der Waals surface area contributed by atoms with Crippen molar-refractivity contribution in [3.63, 3.8) is 0 Å². The van der Waals surface area contributed by atoms with Gasteiger partial charge < -0.3 is 0 Å². The zero-order valence-electron chi connectivity index (χ0n) is 9.34. The molecule has 0 fully saturated rings. The van der Waals surface area contributed by atoms with E-state index in [-0.39, 0.29) is 28.4 Å². The molecule has 0 amide bonds. The van der Waals surface area contributed by atoms with E-state index < -0.39 is 25.5 Å². The summed E-state index contributed by atoms with van der Waals surface area (Å²) in [7, 11) is -7.25. The molecular formula is C11H11FO4S2. The van der Waals surface area contributed by atoms with E-state index in [9.17, 15) is 21.2 Å². The Morgan fingerprint density at radius 3 is 2.44 bits per heavy atom. The summed E-state index contributed by atoms with van der Waals surface area (Å²) in [5, 5.41) is 0.740. The van der Waals surface area contributed by atoms with Gasteiger partial charge in [-0.1, -0.05) is 12.1 Å². The third-order valence-corrected chi connectivity index (χ3v) is 6.02. The second-order valence-corrected chi connectivity index (χ2v) is 8.08. The monoisotopic (exact) mass is 290 g/mol. The highest BCUT2D eigenvalue weighted by molar-refractivity contribution is 8.03. The first-order chi connectivity index (χ1) is 8.30. The minimum absolute atomic E-state index is 0.0555. The lowest BCUT2D eigenvalue weighted by atomic mass is 10.2. The lowest BCUT2D eigenvalue weighted by Gasteiger charge is -2.06. The molecule has 0 unspecified atom stereocenters. The molecule has 18 heavy (non-hydrogen) atoms. The Labute approximate surface area is 105 Å². The van der Waals surface area contributed by atoms with Gasteiger partial charge >= 0.3 is 0 Å². The van der Waals surface area contributed by atoms with Crippen LogP contribution in [-0.4, -0.2) is 28.3 Å². The van der Waals surface area contributed by atoms with E-state index >= 15 is 0 Å². The molecule has 0 aromatic heterocycles. The van der Waals surface area contributed by atoms with Crippen molar-refractivity contribution < 1.29 is 21.2 Å². The standard InChI is InChI=1S/C11H11FO4S2/c12-10-4-1-3-9(7-10)11-8-17(13,14)5-2-6-18(11,15)16/h1,3-4,7-8H,2,5-6H2. The molecular weight excluding hydrogens is 279 g/mol. The van der Waals surface area contributed by atoms with Crippen molar-refractivity contribution in [1.82, 2.24) is 0 Å². The summed E-state index contributed by atoms with van der Waals surface area (Å²) in [6, 6.07) is 4.91. The number of halogens is 1. The Balaban J connectivity index is 2.67. The van der Waals surface area contributed by atoms with Crippen molar-refractivity contribution in [2.75, 3.05) is 11.5 Å². The number of hydrogen-bond donors (Lipinski definition) is 0. The normalized spacial score (nSPS) is 21.9. The van der Waals surface area contributed by atoms with Gasteiger partial charge in [-0.05, 0) is 24.1 Å². The molecule has 2 rings (SSSR count). The highest BCUT2D eigenvalue weighted by Gasteiger charge is 2.27. The summed E-state index contributed by atoms with van der Waals surface area (Å²) < 4.78 is 60.2. The van der Waals surface area contributed by atoms with Crippen LogP contribution in [0.15, 0.2) is 29.7 Å². The van der Waals surface area contributed by atoms with Crippen molar-refractivity contribution in [3.05, 3.63) is 41.1 Å². The smallest absolute Gasteiger partial charge is 0.179 e. The van der Waals surface area contributed by atoms with Crippen LogP contribution >= 0.6 is 0 Å². The van der Waals surface area contributed by atoms with Gasteiger partial charge in [0.05, 0.1) is 16.4 Å². The van der Waals surface area contributed by atoms with E-state index in [1.807, 2.05) is 0 Å². The summed E-state index contributed by atoms with van der Waals surface area (Å²) in [6.45, 7) is 0. The Hall–Kier alpha value is -1.21. The Kier molecular flexibility index (Phi) is 3.29. The van der Waals surface area contributed by atoms with Crippen LogP contribution in [0.5, 0.6) is 0 Å². The van der Waals surface area contributed by atoms with Crippen molar-refractivity contribution >= 4 is 24.6 Å². The molecule has 0 N–H and O–H groups in total. The van der Waals surface area contributed by atoms with Gasteiger partial charge in [0.25, 0.3) is 0 Å². The first-order valence-corrected chi connectivity index (χ1v) is 8.60. The number of hydrogen-bond acceptors (Lipinski definition) is 4. The Morgan fingerprint density at radius 1 is 1.06 bits per heavy atom. The average Bonchev–Trinajstić information content (AvgIpc) is 2.35. The van der Waals surface area contributed by atoms with Crippen LogP contribution in [0.3, 0.4) is 0 Å². The summed E-state index contributed by atoms with van der Waals surface area (Å²) in [5.74, 6) is -1.05. The third-order valence-electron chi connectivity index (χ3n) is 2.57. The maximum atomic E-state index is 13.1. The van der Waals surface area contributed by atoms with Crippen LogP contribution in [0.25, 0.3) is 4.91 Å². The predicted octanol–water partition coefficient (Wildman–Crippen LogP) is 1.36. The van der Waals surface area contributed by atoms with Crippen LogP contribution in [0.1, 0.15) is 12.0 Å². The number of rotatable bonds is 1. The largest absolute Gasteiger partial charge is 0.224 e. The molecule has 1 aromatic carbocycles. The lowest BCUT2D eigenvalue weighted by Crippen LogP contribution is -2.07. The zero-order chi connectivity index (χ0) is 13.4. The fourth-order valence-electron chi connectivity index (χ4n) is 1.74. The maximum absolute atomic E-state index is 13.1. The van der Waals surface area contributed by atoms with Gasteiger partial charge in [0.1, 0.15) is 5.82 Å². The van der Waals surface area contributed by atoms with Crippen LogP contribution in [0.4, 0.5) is 4.39 Å². The minimum Gasteiger partial charge on any atom is -0.224 e. The van der Waals surface area contributed by atoms with Gasteiger partial charge in [0.2, 0.25) is 0 Å². The van der Waals surface area contributed by atoms with Gasteiger partial charge in [-0.2, -0.15) is 0 Å². The fraction of sp³-hybridized carbons (Fsp3) is 0.273. The first-order valence-electron chi connectivity index (χ1n) is 5.23. The molecule has 1 aromatic rings. The van der Waals surface area contributed by atoms with Crippen LogP contribution in [0.2, 0.25) is 0 Å². The summed E-state index contributed by atoms with van der Waals surface area (Å²) >= 11 is 0. The third kappa shape index (κ3) is 2.78. The average molecular weight is 290 g/mol. The highest BCUT2D eigenvalue weighted by atomic mass is 32.2. The molecule has 0 saturated carbocycles. The molecule has 0 atom stereocenters. The SMILES string of the molecule is O=S1(=O)C=C(c2cccc(F)c2)S(=O)(=O)CCC1. The van der Waals surface area contributed by atoms with Gasteiger partial charge in [0, 0.05) is 5.41 Å². The van der Waals surface area contributed by atoms with Crippen LogP contribution < -0.4 is 0 Å². The maximum Gasteiger partial charge on any atom is 0.179 e. The molecule has 7 heteroatoms. The molecule has 1 heterocycles.